The van der Waals surface area contributed by atoms with E-state index in [1.807, 2.05) is 0 Å². The van der Waals surface area contributed by atoms with Crippen LogP contribution in [0.2, 0.25) is 0 Å². The van der Waals surface area contributed by atoms with Crippen molar-refractivity contribution >= 4 is 34.0 Å². The minimum atomic E-state index is 0.387. The smallest absolute Gasteiger partial charge is 0.0544 e. The van der Waals surface area contributed by atoms with Gasteiger partial charge < -0.3 is 9.47 Å². The topological polar surface area (TPSA) is 8.17 Å². The average Bonchev–Trinajstić information content (AvgIpc) is 3.71. The van der Waals surface area contributed by atoms with Crippen LogP contribution in [0.25, 0.3) is 78.3 Å². The second-order valence-corrected chi connectivity index (χ2v) is 16.5. The molecule has 0 amide bonds. The molecule has 10 aromatic rings. The van der Waals surface area contributed by atoms with Gasteiger partial charge >= 0.3 is 0 Å². The van der Waals surface area contributed by atoms with Gasteiger partial charge in [0, 0.05) is 28.0 Å². The third-order valence-electron chi connectivity index (χ3n) is 12.7. The van der Waals surface area contributed by atoms with Crippen molar-refractivity contribution < 1.29 is 0 Å². The van der Waals surface area contributed by atoms with Crippen molar-refractivity contribution in [1.29, 1.82) is 0 Å². The van der Waals surface area contributed by atoms with Gasteiger partial charge in [0.25, 0.3) is 0 Å². The van der Waals surface area contributed by atoms with Crippen LogP contribution in [0.5, 0.6) is 0 Å². The van der Waals surface area contributed by atoms with E-state index in [4.69, 9.17) is 0 Å². The van der Waals surface area contributed by atoms with Crippen molar-refractivity contribution in [2.24, 2.45) is 0 Å². The maximum atomic E-state index is 2.47. The Balaban J connectivity index is 1.03. The Bertz CT molecular complexity index is 3130. The van der Waals surface area contributed by atoms with Gasteiger partial charge in [0.2, 0.25) is 0 Å². The zero-order valence-corrected chi connectivity index (χ0v) is 35.3. The molecule has 2 nitrogen and oxygen atoms in total. The Kier molecular flexibility index (Phi) is 9.95. The van der Waals surface area contributed by atoms with Gasteiger partial charge in [0.15, 0.2) is 0 Å². The molecule has 1 aliphatic rings. The highest BCUT2D eigenvalue weighted by atomic mass is 15.1. The molecule has 300 valence electrons. The summed E-state index contributed by atoms with van der Waals surface area (Å²) < 4.78 is 2.47. The molecule has 1 atom stereocenters. The quantitative estimate of drug-likeness (QED) is 0.141. The van der Waals surface area contributed by atoms with Crippen molar-refractivity contribution in [1.82, 2.24) is 4.57 Å². The minimum absolute atomic E-state index is 0.387. The lowest BCUT2D eigenvalue weighted by Gasteiger charge is -2.28. The zero-order valence-electron chi connectivity index (χ0n) is 35.3. The maximum absolute atomic E-state index is 2.47. The number of allylic oxidation sites excluding steroid dienone is 1. The zero-order chi connectivity index (χ0) is 42.1. The molecule has 0 saturated heterocycles. The van der Waals surface area contributed by atoms with Crippen LogP contribution >= 0.6 is 0 Å². The van der Waals surface area contributed by atoms with Gasteiger partial charge in [-0.15, -0.1) is 0 Å². The standard InChI is InChI=1S/C61H46N2/c1-43-16-13-28-58-60(43)61-56(26-15-29-59(61)63(58)54-40-34-49(35-41-54)46-21-9-4-10-22-46)51-24-14-23-50(42-51)55-25-11-12-27-57(55)62(52-36-30-47(31-37-52)44-17-5-2-6-18-44)53-38-32-48(33-39-53)45-19-7-3-8-20-45/h2-15,17-43H,16H2,1H3. The molecule has 0 fully saturated rings. The fourth-order valence-electron chi connectivity index (χ4n) is 9.57. The number of nitrogens with zero attached hydrogens (tertiary/aromatic N) is 2. The molecule has 0 aliphatic heterocycles. The van der Waals surface area contributed by atoms with Crippen molar-refractivity contribution in [2.75, 3.05) is 4.90 Å². The molecule has 0 radical (unpaired) electrons. The number of para-hydroxylation sites is 1. The fraction of sp³-hybridized carbons (Fsp3) is 0.0492. The van der Waals surface area contributed by atoms with Crippen LogP contribution in [0.4, 0.5) is 17.1 Å². The third-order valence-corrected chi connectivity index (χ3v) is 12.7. The molecule has 2 heteroatoms. The highest BCUT2D eigenvalue weighted by Gasteiger charge is 2.26. The molecule has 1 aromatic heterocycles. The summed E-state index contributed by atoms with van der Waals surface area (Å²) in [7, 11) is 0. The molecular formula is C61H46N2. The molecule has 0 N–H and O–H groups in total. The number of hydrogen-bond acceptors (Lipinski definition) is 1. The average molecular weight is 807 g/mol. The van der Waals surface area contributed by atoms with Gasteiger partial charge in [-0.05, 0) is 129 Å². The molecule has 1 heterocycles. The first kappa shape index (κ1) is 38.0. The van der Waals surface area contributed by atoms with Crippen LogP contribution in [-0.2, 0) is 0 Å². The lowest BCUT2D eigenvalue weighted by atomic mass is 9.87. The predicted molar refractivity (Wildman–Crippen MR) is 267 cm³/mol. The number of aromatic nitrogens is 1. The van der Waals surface area contributed by atoms with Crippen molar-refractivity contribution in [3.8, 4) is 61.3 Å². The summed E-state index contributed by atoms with van der Waals surface area (Å²) in [5.74, 6) is 0.387. The van der Waals surface area contributed by atoms with Gasteiger partial charge in [0.1, 0.15) is 0 Å². The predicted octanol–water partition coefficient (Wildman–Crippen LogP) is 17.0. The second-order valence-electron chi connectivity index (χ2n) is 16.5. The van der Waals surface area contributed by atoms with E-state index < -0.39 is 0 Å². The van der Waals surface area contributed by atoms with Gasteiger partial charge in [-0.2, -0.15) is 0 Å². The van der Waals surface area contributed by atoms with Gasteiger partial charge in [-0.25, -0.2) is 0 Å². The highest BCUT2D eigenvalue weighted by molar-refractivity contribution is 6.03. The van der Waals surface area contributed by atoms with E-state index >= 15 is 0 Å². The van der Waals surface area contributed by atoms with Crippen LogP contribution in [0, 0.1) is 0 Å². The van der Waals surface area contributed by atoms with E-state index in [1.54, 1.807) is 0 Å². The molecule has 0 spiro atoms. The second kappa shape index (κ2) is 16.5. The first-order valence-corrected chi connectivity index (χ1v) is 22.0. The summed E-state index contributed by atoms with van der Waals surface area (Å²) >= 11 is 0. The maximum Gasteiger partial charge on any atom is 0.0544 e. The number of benzene rings is 9. The summed E-state index contributed by atoms with van der Waals surface area (Å²) in [6, 6.07) is 83.7. The number of fused-ring (bicyclic) bond motifs is 3. The molecule has 11 rings (SSSR count). The number of hydrogen-bond donors (Lipinski definition) is 0. The summed E-state index contributed by atoms with van der Waals surface area (Å²) in [4.78, 5) is 2.40. The van der Waals surface area contributed by atoms with Crippen molar-refractivity contribution in [2.45, 2.75) is 19.3 Å². The summed E-state index contributed by atoms with van der Waals surface area (Å²) in [5, 5.41) is 1.33. The molecule has 1 aliphatic carbocycles. The summed E-state index contributed by atoms with van der Waals surface area (Å²) in [5.41, 5.74) is 20.5. The summed E-state index contributed by atoms with van der Waals surface area (Å²) in [6.45, 7) is 2.38. The van der Waals surface area contributed by atoms with E-state index in [1.165, 1.54) is 83.5 Å². The minimum Gasteiger partial charge on any atom is -0.310 e. The normalized spacial score (nSPS) is 13.2. The Morgan fingerprint density at radius 2 is 0.857 bits per heavy atom. The largest absolute Gasteiger partial charge is 0.310 e. The van der Waals surface area contributed by atoms with E-state index in [9.17, 15) is 0 Å². The molecular weight excluding hydrogens is 761 g/mol. The lowest BCUT2D eigenvalue weighted by molar-refractivity contribution is 0.773. The Labute approximate surface area is 370 Å². The van der Waals surface area contributed by atoms with Gasteiger partial charge in [0.05, 0.1) is 16.9 Å². The first-order chi connectivity index (χ1) is 31.2. The van der Waals surface area contributed by atoms with E-state index in [0.29, 0.717) is 5.92 Å². The molecule has 9 aromatic carbocycles. The van der Waals surface area contributed by atoms with Gasteiger partial charge in [-0.1, -0.05) is 189 Å². The van der Waals surface area contributed by atoms with Crippen LogP contribution in [0.15, 0.2) is 237 Å². The first-order valence-electron chi connectivity index (χ1n) is 22.0. The number of anilines is 3. The molecule has 63 heavy (non-hydrogen) atoms. The van der Waals surface area contributed by atoms with Crippen molar-refractivity contribution in [3.63, 3.8) is 0 Å². The van der Waals surface area contributed by atoms with E-state index in [-0.39, 0.29) is 0 Å². The SMILES string of the molecule is CC1CC=Cc2c1c1c(-c3cccc(-c4ccccc4N(c4ccc(-c5ccccc5)cc4)c4ccc(-c5ccccc5)cc4)c3)cccc1n2-c1ccc(-c2ccccc2)cc1. The monoisotopic (exact) mass is 806 g/mol. The highest BCUT2D eigenvalue weighted by Crippen LogP contribution is 2.46. The van der Waals surface area contributed by atoms with Crippen molar-refractivity contribution in [3.05, 3.63) is 248 Å². The van der Waals surface area contributed by atoms with Crippen LogP contribution in [0.1, 0.15) is 30.5 Å². The van der Waals surface area contributed by atoms with E-state index in [2.05, 4.69) is 259 Å². The Hall–Kier alpha value is -7.94. The van der Waals surface area contributed by atoms with Gasteiger partial charge in [-0.3, -0.25) is 0 Å². The van der Waals surface area contributed by atoms with Crippen LogP contribution in [-0.4, -0.2) is 4.57 Å². The number of rotatable bonds is 9. The fourth-order valence-corrected chi connectivity index (χ4v) is 9.57. The molecule has 0 saturated carbocycles. The van der Waals surface area contributed by atoms with E-state index in [0.717, 1.165) is 23.5 Å². The lowest BCUT2D eigenvalue weighted by Crippen LogP contribution is -2.11. The third kappa shape index (κ3) is 7.16. The Morgan fingerprint density at radius 3 is 1.43 bits per heavy atom. The van der Waals surface area contributed by atoms with Crippen LogP contribution < -0.4 is 4.90 Å². The van der Waals surface area contributed by atoms with Crippen LogP contribution in [0.3, 0.4) is 0 Å². The Morgan fingerprint density at radius 1 is 0.413 bits per heavy atom. The summed E-state index contributed by atoms with van der Waals surface area (Å²) in [6.07, 6.45) is 5.70. The molecule has 0 bridgehead atoms. The molecule has 1 unspecified atom stereocenters.